The standard InChI is InChI=1S/C15H19N3O2S/c1-2-20-9-13-14-8-17(5-3-6-18(14)11-16-13)15(19)12-4-7-21-10-12/h4,7,10-11H,2-3,5-6,8-9H2,1H3. The highest BCUT2D eigenvalue weighted by atomic mass is 32.1. The highest BCUT2D eigenvalue weighted by Gasteiger charge is 2.23. The van der Waals surface area contributed by atoms with Crippen LogP contribution in [0.5, 0.6) is 0 Å². The summed E-state index contributed by atoms with van der Waals surface area (Å²) in [6.45, 7) is 5.45. The first-order valence-electron chi connectivity index (χ1n) is 7.21. The van der Waals surface area contributed by atoms with Crippen LogP contribution in [0.15, 0.2) is 23.2 Å². The number of ether oxygens (including phenoxy) is 1. The van der Waals surface area contributed by atoms with Gasteiger partial charge in [-0.3, -0.25) is 4.79 Å². The normalized spacial score (nSPS) is 14.8. The maximum Gasteiger partial charge on any atom is 0.255 e. The molecular formula is C15H19N3O2S. The average Bonchev–Trinajstić information content (AvgIpc) is 3.10. The van der Waals surface area contributed by atoms with Crippen LogP contribution in [0.4, 0.5) is 0 Å². The number of aryl methyl sites for hydroxylation is 1. The van der Waals surface area contributed by atoms with E-state index in [1.807, 2.05) is 35.0 Å². The molecule has 0 aliphatic carbocycles. The third kappa shape index (κ3) is 3.01. The lowest BCUT2D eigenvalue weighted by Crippen LogP contribution is -2.30. The molecule has 0 fully saturated rings. The molecule has 0 unspecified atom stereocenters. The second-order valence-electron chi connectivity index (χ2n) is 5.06. The van der Waals surface area contributed by atoms with Crippen LogP contribution in [-0.4, -0.2) is 33.5 Å². The minimum absolute atomic E-state index is 0.105. The van der Waals surface area contributed by atoms with Gasteiger partial charge in [0.15, 0.2) is 0 Å². The number of fused-ring (bicyclic) bond motifs is 1. The van der Waals surface area contributed by atoms with Gasteiger partial charge in [0, 0.05) is 25.1 Å². The quantitative estimate of drug-likeness (QED) is 0.872. The Morgan fingerprint density at radius 3 is 3.14 bits per heavy atom. The zero-order chi connectivity index (χ0) is 14.7. The van der Waals surface area contributed by atoms with Crippen molar-refractivity contribution >= 4 is 17.2 Å². The van der Waals surface area contributed by atoms with Crippen molar-refractivity contribution in [1.82, 2.24) is 14.5 Å². The Bertz CT molecular complexity index is 606. The van der Waals surface area contributed by atoms with Gasteiger partial charge in [0.1, 0.15) is 0 Å². The van der Waals surface area contributed by atoms with Crippen LogP contribution < -0.4 is 0 Å². The van der Waals surface area contributed by atoms with Crippen molar-refractivity contribution in [3.8, 4) is 0 Å². The van der Waals surface area contributed by atoms with Crippen LogP contribution in [-0.2, 0) is 24.4 Å². The molecule has 3 rings (SSSR count). The SMILES string of the molecule is CCOCc1ncn2c1CN(C(=O)c1ccsc1)CCC2. The molecule has 5 nitrogen and oxygen atoms in total. The summed E-state index contributed by atoms with van der Waals surface area (Å²) in [5.41, 5.74) is 2.82. The minimum atomic E-state index is 0.105. The number of carbonyl (C=O) groups excluding carboxylic acids is 1. The first-order valence-corrected chi connectivity index (χ1v) is 8.16. The summed E-state index contributed by atoms with van der Waals surface area (Å²) in [4.78, 5) is 18.9. The summed E-state index contributed by atoms with van der Waals surface area (Å²) in [6.07, 6.45) is 2.82. The van der Waals surface area contributed by atoms with E-state index in [0.29, 0.717) is 19.8 Å². The molecule has 0 atom stereocenters. The number of carbonyl (C=O) groups is 1. The van der Waals surface area contributed by atoms with Crippen LogP contribution in [0.2, 0.25) is 0 Å². The largest absolute Gasteiger partial charge is 0.375 e. The molecule has 6 heteroatoms. The van der Waals surface area contributed by atoms with E-state index in [1.165, 1.54) is 0 Å². The maximum absolute atomic E-state index is 12.5. The Labute approximate surface area is 128 Å². The number of amides is 1. The molecule has 3 heterocycles. The van der Waals surface area contributed by atoms with Crippen LogP contribution in [0.1, 0.15) is 35.1 Å². The van der Waals surface area contributed by atoms with E-state index < -0.39 is 0 Å². The minimum Gasteiger partial charge on any atom is -0.375 e. The van der Waals surface area contributed by atoms with Crippen LogP contribution >= 0.6 is 11.3 Å². The van der Waals surface area contributed by atoms with Gasteiger partial charge in [0.2, 0.25) is 0 Å². The van der Waals surface area contributed by atoms with Crippen molar-refractivity contribution in [2.75, 3.05) is 13.2 Å². The predicted octanol–water partition coefficient (Wildman–Crippen LogP) is 2.53. The van der Waals surface area contributed by atoms with E-state index in [9.17, 15) is 4.79 Å². The summed E-state index contributed by atoms with van der Waals surface area (Å²) in [5.74, 6) is 0.105. The number of hydrogen-bond acceptors (Lipinski definition) is 4. The van der Waals surface area contributed by atoms with E-state index in [-0.39, 0.29) is 5.91 Å². The summed E-state index contributed by atoms with van der Waals surface area (Å²) in [7, 11) is 0. The van der Waals surface area contributed by atoms with E-state index in [4.69, 9.17) is 4.74 Å². The molecule has 2 aromatic rings. The number of thiophene rings is 1. The lowest BCUT2D eigenvalue weighted by molar-refractivity contribution is 0.0743. The lowest BCUT2D eigenvalue weighted by atomic mass is 10.2. The molecule has 0 radical (unpaired) electrons. The molecule has 0 N–H and O–H groups in total. The fourth-order valence-electron chi connectivity index (χ4n) is 2.58. The monoisotopic (exact) mass is 305 g/mol. The summed E-state index contributed by atoms with van der Waals surface area (Å²) >= 11 is 1.55. The third-order valence-corrected chi connectivity index (χ3v) is 4.38. The maximum atomic E-state index is 12.5. The van der Waals surface area contributed by atoms with Crippen LogP contribution in [0, 0.1) is 0 Å². The number of nitrogens with zero attached hydrogens (tertiary/aromatic N) is 3. The van der Waals surface area contributed by atoms with Crippen molar-refractivity contribution in [1.29, 1.82) is 0 Å². The molecule has 2 aromatic heterocycles. The van der Waals surface area contributed by atoms with Gasteiger partial charge in [-0.25, -0.2) is 4.98 Å². The number of imidazole rings is 1. The smallest absolute Gasteiger partial charge is 0.255 e. The van der Waals surface area contributed by atoms with Crippen LogP contribution in [0.25, 0.3) is 0 Å². The molecular weight excluding hydrogens is 286 g/mol. The molecule has 1 aliphatic heterocycles. The van der Waals surface area contributed by atoms with Gasteiger partial charge in [-0.1, -0.05) is 0 Å². The van der Waals surface area contributed by atoms with E-state index in [1.54, 1.807) is 11.3 Å². The summed E-state index contributed by atoms with van der Waals surface area (Å²) < 4.78 is 7.62. The fraction of sp³-hybridized carbons (Fsp3) is 0.467. The second-order valence-corrected chi connectivity index (χ2v) is 5.84. The number of aromatic nitrogens is 2. The zero-order valence-electron chi connectivity index (χ0n) is 12.1. The zero-order valence-corrected chi connectivity index (χ0v) is 12.9. The van der Waals surface area contributed by atoms with Crippen molar-refractivity contribution in [2.45, 2.75) is 33.0 Å². The average molecular weight is 305 g/mol. The molecule has 0 saturated heterocycles. The van der Waals surface area contributed by atoms with Gasteiger partial charge in [0.05, 0.1) is 36.4 Å². The first-order chi connectivity index (χ1) is 10.3. The van der Waals surface area contributed by atoms with E-state index in [2.05, 4.69) is 9.55 Å². The number of hydrogen-bond donors (Lipinski definition) is 0. The van der Waals surface area contributed by atoms with E-state index >= 15 is 0 Å². The Morgan fingerprint density at radius 2 is 2.38 bits per heavy atom. The molecule has 1 aliphatic rings. The third-order valence-electron chi connectivity index (χ3n) is 3.70. The second kappa shape index (κ2) is 6.41. The fourth-order valence-corrected chi connectivity index (χ4v) is 3.21. The van der Waals surface area contributed by atoms with Crippen molar-refractivity contribution < 1.29 is 9.53 Å². The van der Waals surface area contributed by atoms with E-state index in [0.717, 1.165) is 36.5 Å². The number of rotatable bonds is 4. The highest BCUT2D eigenvalue weighted by molar-refractivity contribution is 7.08. The van der Waals surface area contributed by atoms with Gasteiger partial charge in [-0.2, -0.15) is 11.3 Å². The van der Waals surface area contributed by atoms with Gasteiger partial charge >= 0.3 is 0 Å². The molecule has 0 aromatic carbocycles. The van der Waals surface area contributed by atoms with Crippen LogP contribution in [0.3, 0.4) is 0 Å². The molecule has 0 saturated carbocycles. The Hall–Kier alpha value is -1.66. The highest BCUT2D eigenvalue weighted by Crippen LogP contribution is 2.19. The van der Waals surface area contributed by atoms with Crippen molar-refractivity contribution in [3.63, 3.8) is 0 Å². The van der Waals surface area contributed by atoms with Gasteiger partial charge in [0.25, 0.3) is 5.91 Å². The van der Waals surface area contributed by atoms with Gasteiger partial charge < -0.3 is 14.2 Å². The topological polar surface area (TPSA) is 47.4 Å². The Morgan fingerprint density at radius 1 is 1.48 bits per heavy atom. The van der Waals surface area contributed by atoms with Crippen molar-refractivity contribution in [2.24, 2.45) is 0 Å². The summed E-state index contributed by atoms with van der Waals surface area (Å²) in [6, 6.07) is 1.89. The predicted molar refractivity (Wildman–Crippen MR) is 81.2 cm³/mol. The molecule has 21 heavy (non-hydrogen) atoms. The Kier molecular flexibility index (Phi) is 4.36. The van der Waals surface area contributed by atoms with Gasteiger partial charge in [-0.05, 0) is 24.8 Å². The molecule has 1 amide bonds. The molecule has 0 bridgehead atoms. The Balaban J connectivity index is 1.81. The van der Waals surface area contributed by atoms with Gasteiger partial charge in [-0.15, -0.1) is 0 Å². The summed E-state index contributed by atoms with van der Waals surface area (Å²) in [5, 5.41) is 3.85. The molecule has 0 spiro atoms. The lowest BCUT2D eigenvalue weighted by Gasteiger charge is -2.20. The van der Waals surface area contributed by atoms with Crippen molar-refractivity contribution in [3.05, 3.63) is 40.1 Å². The molecule has 112 valence electrons. The first kappa shape index (κ1) is 14.3.